The fraction of sp³-hybridized carbons (Fsp3) is 0.562. The van der Waals surface area contributed by atoms with Crippen molar-refractivity contribution >= 4 is 5.97 Å². The number of nitrogens with one attached hydrogen (secondary N) is 1. The van der Waals surface area contributed by atoms with Gasteiger partial charge in [-0.2, -0.15) is 0 Å². The molecular weight excluding hydrogens is 238 g/mol. The molecule has 106 valence electrons. The molecule has 3 heteroatoms. The van der Waals surface area contributed by atoms with Crippen LogP contribution in [0.4, 0.5) is 0 Å². The molecule has 1 N–H and O–H groups in total. The smallest absolute Gasteiger partial charge is 0.337 e. The number of carbonyl (C=O) groups excluding carboxylic acids is 1. The molecule has 1 aromatic rings. The number of methoxy groups -OCH3 is 1. The van der Waals surface area contributed by atoms with Crippen molar-refractivity contribution in [1.29, 1.82) is 0 Å². The average Bonchev–Trinajstić information content (AvgIpc) is 2.38. The van der Waals surface area contributed by atoms with Gasteiger partial charge in [0.15, 0.2) is 0 Å². The summed E-state index contributed by atoms with van der Waals surface area (Å²) in [5.74, 6) is 0.349. The van der Waals surface area contributed by atoms with E-state index in [-0.39, 0.29) is 11.4 Å². The molecule has 1 aromatic carbocycles. The zero-order valence-electron chi connectivity index (χ0n) is 12.6. The van der Waals surface area contributed by atoms with Crippen LogP contribution in [0.3, 0.4) is 0 Å². The first-order chi connectivity index (χ1) is 8.86. The molecule has 0 atom stereocenters. The van der Waals surface area contributed by atoms with Gasteiger partial charge in [0.1, 0.15) is 0 Å². The van der Waals surface area contributed by atoms with E-state index in [4.69, 9.17) is 0 Å². The fourth-order valence-electron chi connectivity index (χ4n) is 1.61. The molecule has 0 bridgehead atoms. The van der Waals surface area contributed by atoms with Crippen molar-refractivity contribution in [2.45, 2.75) is 34.2 Å². The molecule has 0 heterocycles. The maximum absolute atomic E-state index is 11.3. The minimum absolute atomic E-state index is 0.284. The Morgan fingerprint density at radius 1 is 1.26 bits per heavy atom. The van der Waals surface area contributed by atoms with Gasteiger partial charge in [0.05, 0.1) is 12.7 Å². The highest BCUT2D eigenvalue weighted by Gasteiger charge is 2.21. The molecule has 0 saturated carbocycles. The lowest BCUT2D eigenvalue weighted by Crippen LogP contribution is -2.33. The van der Waals surface area contributed by atoms with Crippen LogP contribution in [-0.4, -0.2) is 19.6 Å². The SMILES string of the molecule is COC(=O)c1ccc(CNCC(C)(C)C(C)C)cc1. The molecule has 19 heavy (non-hydrogen) atoms. The highest BCUT2D eigenvalue weighted by Crippen LogP contribution is 2.24. The van der Waals surface area contributed by atoms with Crippen molar-refractivity contribution in [3.8, 4) is 0 Å². The van der Waals surface area contributed by atoms with Crippen LogP contribution in [0.1, 0.15) is 43.6 Å². The maximum atomic E-state index is 11.3. The zero-order valence-corrected chi connectivity index (χ0v) is 12.6. The molecule has 0 saturated heterocycles. The van der Waals surface area contributed by atoms with Crippen molar-refractivity contribution < 1.29 is 9.53 Å². The monoisotopic (exact) mass is 263 g/mol. The largest absolute Gasteiger partial charge is 0.465 e. The molecule has 0 radical (unpaired) electrons. The molecule has 0 fully saturated rings. The molecule has 0 amide bonds. The lowest BCUT2D eigenvalue weighted by Gasteiger charge is -2.29. The van der Waals surface area contributed by atoms with Crippen LogP contribution in [0, 0.1) is 11.3 Å². The third-order valence-electron chi connectivity index (χ3n) is 3.85. The maximum Gasteiger partial charge on any atom is 0.337 e. The number of hydrogen-bond donors (Lipinski definition) is 1. The van der Waals surface area contributed by atoms with Crippen LogP contribution in [0.25, 0.3) is 0 Å². The van der Waals surface area contributed by atoms with Crippen molar-refractivity contribution in [2.24, 2.45) is 11.3 Å². The molecule has 0 aliphatic heterocycles. The van der Waals surface area contributed by atoms with E-state index in [9.17, 15) is 4.79 Å². The van der Waals surface area contributed by atoms with Gasteiger partial charge in [-0.1, -0.05) is 39.8 Å². The van der Waals surface area contributed by atoms with E-state index in [1.807, 2.05) is 12.1 Å². The van der Waals surface area contributed by atoms with Crippen LogP contribution in [0.2, 0.25) is 0 Å². The average molecular weight is 263 g/mol. The minimum Gasteiger partial charge on any atom is -0.465 e. The fourth-order valence-corrected chi connectivity index (χ4v) is 1.61. The van der Waals surface area contributed by atoms with Gasteiger partial charge in [0.25, 0.3) is 0 Å². The van der Waals surface area contributed by atoms with Gasteiger partial charge in [0, 0.05) is 13.1 Å². The molecule has 0 unspecified atom stereocenters. The van der Waals surface area contributed by atoms with Gasteiger partial charge in [-0.05, 0) is 29.0 Å². The first-order valence-electron chi connectivity index (χ1n) is 6.75. The minimum atomic E-state index is -0.291. The van der Waals surface area contributed by atoms with Gasteiger partial charge in [0.2, 0.25) is 0 Å². The standard InChI is InChI=1S/C16H25NO2/c1-12(2)16(3,4)11-17-10-13-6-8-14(9-7-13)15(18)19-5/h6-9,12,17H,10-11H2,1-5H3. The van der Waals surface area contributed by atoms with Crippen LogP contribution in [-0.2, 0) is 11.3 Å². The molecule has 0 aliphatic carbocycles. The molecular formula is C16H25NO2. The molecule has 0 spiro atoms. The first kappa shape index (κ1) is 15.7. The Kier molecular flexibility index (Phi) is 5.55. The Labute approximate surface area is 116 Å². The Balaban J connectivity index is 2.49. The topological polar surface area (TPSA) is 38.3 Å². The summed E-state index contributed by atoms with van der Waals surface area (Å²) in [6.45, 7) is 10.8. The number of benzene rings is 1. The Morgan fingerprint density at radius 3 is 2.32 bits per heavy atom. The number of hydrogen-bond acceptors (Lipinski definition) is 3. The quantitative estimate of drug-likeness (QED) is 0.801. The normalized spacial score (nSPS) is 11.7. The van der Waals surface area contributed by atoms with Gasteiger partial charge >= 0.3 is 5.97 Å². The van der Waals surface area contributed by atoms with Gasteiger partial charge in [-0.25, -0.2) is 4.79 Å². The first-order valence-corrected chi connectivity index (χ1v) is 6.75. The number of rotatable bonds is 6. The van der Waals surface area contributed by atoms with Crippen molar-refractivity contribution in [2.75, 3.05) is 13.7 Å². The van der Waals surface area contributed by atoms with E-state index in [1.54, 1.807) is 12.1 Å². The van der Waals surface area contributed by atoms with Gasteiger partial charge < -0.3 is 10.1 Å². The summed E-state index contributed by atoms with van der Waals surface area (Å²) < 4.78 is 4.67. The van der Waals surface area contributed by atoms with E-state index in [1.165, 1.54) is 12.7 Å². The van der Waals surface area contributed by atoms with E-state index < -0.39 is 0 Å². The summed E-state index contributed by atoms with van der Waals surface area (Å²) in [4.78, 5) is 11.3. The second-order valence-corrected chi connectivity index (χ2v) is 5.94. The van der Waals surface area contributed by atoms with Crippen LogP contribution in [0.5, 0.6) is 0 Å². The Hall–Kier alpha value is -1.35. The van der Waals surface area contributed by atoms with E-state index in [2.05, 4.69) is 37.7 Å². The summed E-state index contributed by atoms with van der Waals surface area (Å²) in [6, 6.07) is 7.52. The number of esters is 1. The van der Waals surface area contributed by atoms with E-state index >= 15 is 0 Å². The van der Waals surface area contributed by atoms with Gasteiger partial charge in [-0.15, -0.1) is 0 Å². The second-order valence-electron chi connectivity index (χ2n) is 5.94. The Bertz CT molecular complexity index is 407. The third-order valence-corrected chi connectivity index (χ3v) is 3.85. The lowest BCUT2D eigenvalue weighted by atomic mass is 9.81. The second kappa shape index (κ2) is 6.71. The summed E-state index contributed by atoms with van der Waals surface area (Å²) in [5, 5.41) is 3.47. The van der Waals surface area contributed by atoms with Crippen molar-refractivity contribution in [3.63, 3.8) is 0 Å². The predicted octanol–water partition coefficient (Wildman–Crippen LogP) is 3.25. The molecule has 3 nitrogen and oxygen atoms in total. The van der Waals surface area contributed by atoms with Crippen LogP contribution in [0.15, 0.2) is 24.3 Å². The highest BCUT2D eigenvalue weighted by atomic mass is 16.5. The highest BCUT2D eigenvalue weighted by molar-refractivity contribution is 5.89. The molecule has 0 aromatic heterocycles. The third kappa shape index (κ3) is 4.67. The van der Waals surface area contributed by atoms with Crippen molar-refractivity contribution in [3.05, 3.63) is 35.4 Å². The number of ether oxygens (including phenoxy) is 1. The Morgan fingerprint density at radius 2 is 1.84 bits per heavy atom. The van der Waals surface area contributed by atoms with Crippen LogP contribution >= 0.6 is 0 Å². The summed E-state index contributed by atoms with van der Waals surface area (Å²) >= 11 is 0. The predicted molar refractivity (Wildman–Crippen MR) is 78.1 cm³/mol. The van der Waals surface area contributed by atoms with Crippen molar-refractivity contribution in [1.82, 2.24) is 5.32 Å². The summed E-state index contributed by atoms with van der Waals surface area (Å²) in [5.41, 5.74) is 2.05. The van der Waals surface area contributed by atoms with Crippen LogP contribution < -0.4 is 5.32 Å². The van der Waals surface area contributed by atoms with E-state index in [0.717, 1.165) is 13.1 Å². The zero-order chi connectivity index (χ0) is 14.5. The van der Waals surface area contributed by atoms with Gasteiger partial charge in [-0.3, -0.25) is 0 Å². The van der Waals surface area contributed by atoms with E-state index in [0.29, 0.717) is 11.5 Å². The molecule has 0 aliphatic rings. The molecule has 1 rings (SSSR count). The summed E-state index contributed by atoms with van der Waals surface area (Å²) in [7, 11) is 1.39. The summed E-state index contributed by atoms with van der Waals surface area (Å²) in [6.07, 6.45) is 0. The lowest BCUT2D eigenvalue weighted by molar-refractivity contribution is 0.0600. The number of carbonyl (C=O) groups is 1.